The van der Waals surface area contributed by atoms with Gasteiger partial charge < -0.3 is 29.0 Å². The molecule has 1 aromatic rings. The lowest BCUT2D eigenvalue weighted by molar-refractivity contribution is -0.870. The summed E-state index contributed by atoms with van der Waals surface area (Å²) in [6.45, 7) is 7.90. The third-order valence-corrected chi connectivity index (χ3v) is 9.37. The number of carbonyl (C=O) groups is 3. The highest BCUT2D eigenvalue weighted by atomic mass is 16.5. The van der Waals surface area contributed by atoms with Gasteiger partial charge in [-0.3, -0.25) is 14.5 Å². The van der Waals surface area contributed by atoms with E-state index in [4.69, 9.17) is 4.74 Å². The Bertz CT molecular complexity index is 1120. The van der Waals surface area contributed by atoms with Gasteiger partial charge in [-0.2, -0.15) is 0 Å². The minimum atomic E-state index is -0.841. The van der Waals surface area contributed by atoms with Gasteiger partial charge in [-0.05, 0) is 49.3 Å². The van der Waals surface area contributed by atoms with Crippen molar-refractivity contribution in [2.24, 2.45) is 5.92 Å². The fourth-order valence-corrected chi connectivity index (χ4v) is 6.93. The molecule has 0 saturated carbocycles. The van der Waals surface area contributed by atoms with E-state index in [-0.39, 0.29) is 30.4 Å². The van der Waals surface area contributed by atoms with Crippen LogP contribution in [0.2, 0.25) is 0 Å². The zero-order chi connectivity index (χ0) is 31.1. The largest absolute Gasteiger partial charge is 0.493 e. The van der Waals surface area contributed by atoms with Crippen LogP contribution in [0.5, 0.6) is 5.75 Å². The Morgan fingerprint density at radius 3 is 2.60 bits per heavy atom. The molecule has 10 nitrogen and oxygen atoms in total. The topological polar surface area (TPSA) is 93.6 Å². The number of unbranched alkanes of at least 4 members (excludes halogenated alkanes) is 2. The van der Waals surface area contributed by atoms with E-state index in [9.17, 15) is 19.5 Å². The first-order chi connectivity index (χ1) is 20.5. The minimum absolute atomic E-state index is 0.00598. The van der Waals surface area contributed by atoms with Crippen molar-refractivity contribution in [3.63, 3.8) is 0 Å². The molecule has 3 aliphatic rings. The maximum atomic E-state index is 13.9. The van der Waals surface area contributed by atoms with E-state index < -0.39 is 11.9 Å². The van der Waals surface area contributed by atoms with E-state index in [0.717, 1.165) is 86.1 Å². The molecule has 2 saturated heterocycles. The lowest BCUT2D eigenvalue weighted by Gasteiger charge is -2.35. The molecule has 0 radical (unpaired) electrons. The first-order valence-corrected chi connectivity index (χ1v) is 16.3. The molecule has 0 aliphatic carbocycles. The van der Waals surface area contributed by atoms with Crippen LogP contribution in [-0.2, 0) is 16.0 Å². The molecule has 4 rings (SSSR count). The SMILES string of the molecule is CCCCN(CCCC[N+](C)(C)C)C(=O)CN1C[C@H](c2ccc3c(c2)CCO3)C(C(=O)O)[C@@H]1CCN1CCCN(C)C1=O. The number of hydrogen-bond acceptors (Lipinski definition) is 5. The van der Waals surface area contributed by atoms with Crippen LogP contribution in [0, 0.1) is 5.92 Å². The number of likely N-dealkylation sites (tertiary alicyclic amines) is 1. The summed E-state index contributed by atoms with van der Waals surface area (Å²) in [6.07, 6.45) is 6.21. The Kier molecular flexibility index (Phi) is 11.3. The average Bonchev–Trinajstić information content (AvgIpc) is 3.57. The molecular weight excluding hydrogens is 546 g/mol. The summed E-state index contributed by atoms with van der Waals surface area (Å²) < 4.78 is 6.61. The third-order valence-electron chi connectivity index (χ3n) is 9.37. The van der Waals surface area contributed by atoms with E-state index in [1.165, 1.54) is 0 Å². The average molecular weight is 601 g/mol. The molecule has 10 heteroatoms. The molecule has 240 valence electrons. The predicted molar refractivity (Wildman–Crippen MR) is 167 cm³/mol. The van der Waals surface area contributed by atoms with Crippen LogP contribution in [0.15, 0.2) is 18.2 Å². The van der Waals surface area contributed by atoms with E-state index in [1.807, 2.05) is 29.0 Å². The number of benzene rings is 1. The first kappa shape index (κ1) is 33.1. The van der Waals surface area contributed by atoms with Crippen molar-refractivity contribution in [3.05, 3.63) is 29.3 Å². The Balaban J connectivity index is 1.54. The van der Waals surface area contributed by atoms with Crippen molar-refractivity contribution in [2.45, 2.75) is 63.8 Å². The number of fused-ring (bicyclic) bond motifs is 1. The molecule has 3 amide bonds. The molecule has 1 aromatic carbocycles. The summed E-state index contributed by atoms with van der Waals surface area (Å²) >= 11 is 0. The lowest BCUT2D eigenvalue weighted by Crippen LogP contribution is -2.50. The lowest BCUT2D eigenvalue weighted by atomic mass is 9.83. The number of nitrogens with zero attached hydrogens (tertiary/aromatic N) is 5. The van der Waals surface area contributed by atoms with Crippen molar-refractivity contribution in [3.8, 4) is 5.75 Å². The quantitative estimate of drug-likeness (QED) is 0.245. The molecule has 0 bridgehead atoms. The van der Waals surface area contributed by atoms with Crippen LogP contribution in [0.3, 0.4) is 0 Å². The van der Waals surface area contributed by atoms with Crippen molar-refractivity contribution < 1.29 is 28.7 Å². The summed E-state index contributed by atoms with van der Waals surface area (Å²) in [5.41, 5.74) is 2.11. The fourth-order valence-electron chi connectivity index (χ4n) is 6.93. The fraction of sp³-hybridized carbons (Fsp3) is 0.727. The molecule has 1 N–H and O–H groups in total. The number of carboxylic acids is 1. The minimum Gasteiger partial charge on any atom is -0.493 e. The highest BCUT2D eigenvalue weighted by molar-refractivity contribution is 5.79. The van der Waals surface area contributed by atoms with E-state index in [1.54, 1.807) is 4.90 Å². The predicted octanol–water partition coefficient (Wildman–Crippen LogP) is 3.35. The van der Waals surface area contributed by atoms with Crippen molar-refractivity contribution in [1.82, 2.24) is 19.6 Å². The van der Waals surface area contributed by atoms with Crippen LogP contribution in [0.1, 0.15) is 62.5 Å². The van der Waals surface area contributed by atoms with Crippen LogP contribution < -0.4 is 4.74 Å². The number of rotatable bonds is 15. The van der Waals surface area contributed by atoms with Gasteiger partial charge in [0.25, 0.3) is 0 Å². The Hall–Kier alpha value is -2.85. The number of carbonyl (C=O) groups excluding carboxylic acids is 2. The molecule has 0 spiro atoms. The normalized spacial score (nSPS) is 22.5. The van der Waals surface area contributed by atoms with Gasteiger partial charge in [0.05, 0.1) is 46.8 Å². The molecular formula is C33H54N5O5+. The summed E-state index contributed by atoms with van der Waals surface area (Å²) in [5.74, 6) is -0.799. The highest BCUT2D eigenvalue weighted by Gasteiger charge is 2.47. The number of ether oxygens (including phenoxy) is 1. The van der Waals surface area contributed by atoms with Crippen molar-refractivity contribution in [2.75, 3.05) is 87.2 Å². The van der Waals surface area contributed by atoms with Gasteiger partial charge >= 0.3 is 12.0 Å². The zero-order valence-electron chi connectivity index (χ0n) is 27.1. The Morgan fingerprint density at radius 1 is 1.12 bits per heavy atom. The second-order valence-electron chi connectivity index (χ2n) is 13.7. The smallest absolute Gasteiger partial charge is 0.319 e. The zero-order valence-corrected chi connectivity index (χ0v) is 27.1. The number of amides is 3. The van der Waals surface area contributed by atoms with Gasteiger partial charge in [-0.15, -0.1) is 0 Å². The van der Waals surface area contributed by atoms with Crippen molar-refractivity contribution in [1.29, 1.82) is 0 Å². The van der Waals surface area contributed by atoms with Gasteiger partial charge in [-0.25, -0.2) is 4.79 Å². The molecule has 2 fully saturated rings. The standard InChI is InChI=1S/C33H53N5O5/c1-6-7-16-35(17-8-9-20-38(3,4)5)30(39)24-37-23-27(25-11-12-29-26(22-25)14-21-43-29)31(32(40)41)28(37)13-19-36-18-10-15-34(2)33(36)42/h11-12,22,27-28,31H,6-10,13-21,23-24H2,1-5H3/p+1/t27-,28+,31?/m1/s1. The number of urea groups is 1. The van der Waals surface area contributed by atoms with Gasteiger partial charge in [-0.1, -0.05) is 25.5 Å². The monoisotopic (exact) mass is 600 g/mol. The van der Waals surface area contributed by atoms with Gasteiger partial charge in [0.15, 0.2) is 0 Å². The summed E-state index contributed by atoms with van der Waals surface area (Å²) in [4.78, 5) is 47.3. The van der Waals surface area contributed by atoms with Gasteiger partial charge in [0.2, 0.25) is 5.91 Å². The summed E-state index contributed by atoms with van der Waals surface area (Å²) in [5, 5.41) is 10.6. The molecule has 3 aliphatic heterocycles. The Morgan fingerprint density at radius 2 is 1.88 bits per heavy atom. The summed E-state index contributed by atoms with van der Waals surface area (Å²) in [7, 11) is 8.37. The molecule has 3 atom stereocenters. The molecule has 43 heavy (non-hydrogen) atoms. The Labute approximate surface area is 258 Å². The second-order valence-corrected chi connectivity index (χ2v) is 13.7. The van der Waals surface area contributed by atoms with Crippen LogP contribution in [-0.4, -0.2) is 140 Å². The molecule has 1 unspecified atom stereocenters. The third kappa shape index (κ3) is 8.62. The van der Waals surface area contributed by atoms with Crippen LogP contribution in [0.4, 0.5) is 4.79 Å². The maximum Gasteiger partial charge on any atom is 0.319 e. The number of hydrogen-bond donors (Lipinski definition) is 1. The van der Waals surface area contributed by atoms with E-state index in [0.29, 0.717) is 32.7 Å². The second kappa shape index (κ2) is 14.8. The summed E-state index contributed by atoms with van der Waals surface area (Å²) in [6, 6.07) is 5.72. The first-order valence-electron chi connectivity index (χ1n) is 16.3. The van der Waals surface area contributed by atoms with E-state index >= 15 is 0 Å². The maximum absolute atomic E-state index is 13.9. The molecule has 3 heterocycles. The van der Waals surface area contributed by atoms with Crippen LogP contribution in [0.25, 0.3) is 0 Å². The van der Waals surface area contributed by atoms with Gasteiger partial charge in [0.1, 0.15) is 5.75 Å². The molecule has 0 aromatic heterocycles. The van der Waals surface area contributed by atoms with Crippen LogP contribution >= 0.6 is 0 Å². The number of quaternary nitrogens is 1. The van der Waals surface area contributed by atoms with Gasteiger partial charge in [0, 0.05) is 64.7 Å². The van der Waals surface area contributed by atoms with E-state index in [2.05, 4.69) is 39.0 Å². The van der Waals surface area contributed by atoms with Crippen molar-refractivity contribution >= 4 is 17.9 Å². The number of aliphatic carboxylic acids is 1. The number of carboxylic acid groups (broad SMARTS) is 1. The highest BCUT2D eigenvalue weighted by Crippen LogP contribution is 2.41.